The number of rotatable bonds is 4. The highest BCUT2D eigenvalue weighted by atomic mass is 16.5. The maximum absolute atomic E-state index is 11.5. The summed E-state index contributed by atoms with van der Waals surface area (Å²) < 4.78 is 4.47. The Hall–Kier alpha value is -2.18. The first kappa shape index (κ1) is 11.9. The monoisotopic (exact) mass is 225 g/mol. The molecule has 0 radical (unpaired) electrons. The number of aliphatic carboxylic acids is 1. The van der Waals surface area contributed by atoms with Gasteiger partial charge in [0, 0.05) is 11.1 Å². The Labute approximate surface area is 91.1 Å². The van der Waals surface area contributed by atoms with Crippen molar-refractivity contribution in [1.29, 1.82) is 0 Å². The van der Waals surface area contributed by atoms with Gasteiger partial charge in [0.1, 0.15) is 0 Å². The first-order valence-corrected chi connectivity index (χ1v) is 4.46. The third-order valence-electron chi connectivity index (χ3n) is 2.04. The Morgan fingerprint density at radius 1 is 1.44 bits per heavy atom. The molecule has 0 saturated carbocycles. The van der Waals surface area contributed by atoms with Gasteiger partial charge < -0.3 is 14.9 Å². The van der Waals surface area contributed by atoms with Crippen LogP contribution in [0, 0.1) is 0 Å². The SMILES string of the molecule is CC(C(=O)O)=C(C)C(=O)NCc1ncon1. The van der Waals surface area contributed by atoms with Gasteiger partial charge in [0.15, 0.2) is 5.82 Å². The molecular formula is C9H11N3O4. The maximum atomic E-state index is 11.5. The van der Waals surface area contributed by atoms with Crippen LogP contribution in [0.5, 0.6) is 0 Å². The lowest BCUT2D eigenvalue weighted by atomic mass is 10.1. The molecule has 0 saturated heterocycles. The maximum Gasteiger partial charge on any atom is 0.331 e. The van der Waals surface area contributed by atoms with Gasteiger partial charge in [-0.1, -0.05) is 5.16 Å². The van der Waals surface area contributed by atoms with E-state index in [0.29, 0.717) is 5.82 Å². The first-order chi connectivity index (χ1) is 7.52. The van der Waals surface area contributed by atoms with Gasteiger partial charge in [-0.05, 0) is 13.8 Å². The van der Waals surface area contributed by atoms with Crippen LogP contribution in [0.1, 0.15) is 19.7 Å². The third-order valence-corrected chi connectivity index (χ3v) is 2.04. The van der Waals surface area contributed by atoms with Crippen molar-refractivity contribution in [3.63, 3.8) is 0 Å². The van der Waals surface area contributed by atoms with Crippen molar-refractivity contribution < 1.29 is 19.2 Å². The number of aromatic nitrogens is 2. The fourth-order valence-corrected chi connectivity index (χ4v) is 0.893. The summed E-state index contributed by atoms with van der Waals surface area (Å²) in [5, 5.41) is 14.6. The highest BCUT2D eigenvalue weighted by Gasteiger charge is 2.12. The number of hydrogen-bond donors (Lipinski definition) is 2. The third kappa shape index (κ3) is 2.91. The zero-order valence-corrected chi connectivity index (χ0v) is 8.85. The molecule has 0 aliphatic carbocycles. The zero-order chi connectivity index (χ0) is 12.1. The van der Waals surface area contributed by atoms with E-state index in [1.165, 1.54) is 13.8 Å². The van der Waals surface area contributed by atoms with Crippen LogP contribution < -0.4 is 5.32 Å². The van der Waals surface area contributed by atoms with E-state index in [0.717, 1.165) is 6.39 Å². The summed E-state index contributed by atoms with van der Waals surface area (Å²) in [5.74, 6) is -1.26. The molecule has 1 heterocycles. The van der Waals surface area contributed by atoms with Crippen molar-refractivity contribution in [2.24, 2.45) is 0 Å². The van der Waals surface area contributed by atoms with Crippen LogP contribution in [-0.2, 0) is 16.1 Å². The van der Waals surface area contributed by atoms with E-state index in [9.17, 15) is 9.59 Å². The molecular weight excluding hydrogens is 214 g/mol. The fraction of sp³-hybridized carbons (Fsp3) is 0.333. The molecule has 0 aliphatic rings. The van der Waals surface area contributed by atoms with Crippen LogP contribution in [0.4, 0.5) is 0 Å². The Kier molecular flexibility index (Phi) is 3.76. The van der Waals surface area contributed by atoms with Crippen LogP contribution in [0.3, 0.4) is 0 Å². The molecule has 0 aromatic carbocycles. The second-order valence-corrected chi connectivity index (χ2v) is 3.09. The smallest absolute Gasteiger partial charge is 0.331 e. The summed E-state index contributed by atoms with van der Waals surface area (Å²) in [4.78, 5) is 25.8. The Morgan fingerprint density at radius 3 is 2.62 bits per heavy atom. The molecule has 0 bridgehead atoms. The topological polar surface area (TPSA) is 105 Å². The zero-order valence-electron chi connectivity index (χ0n) is 8.85. The first-order valence-electron chi connectivity index (χ1n) is 4.46. The van der Waals surface area contributed by atoms with E-state index in [4.69, 9.17) is 5.11 Å². The van der Waals surface area contributed by atoms with Crippen molar-refractivity contribution in [2.45, 2.75) is 20.4 Å². The van der Waals surface area contributed by atoms with E-state index in [2.05, 4.69) is 20.0 Å². The summed E-state index contributed by atoms with van der Waals surface area (Å²) in [7, 11) is 0. The van der Waals surface area contributed by atoms with E-state index in [-0.39, 0.29) is 17.7 Å². The Bertz CT molecular complexity index is 422. The van der Waals surface area contributed by atoms with Gasteiger partial charge in [0.05, 0.1) is 6.54 Å². The summed E-state index contributed by atoms with van der Waals surface area (Å²) >= 11 is 0. The predicted molar refractivity (Wildman–Crippen MR) is 52.2 cm³/mol. The summed E-state index contributed by atoms with van der Waals surface area (Å²) in [5.41, 5.74) is 0.154. The highest BCUT2D eigenvalue weighted by molar-refractivity contribution is 6.01. The highest BCUT2D eigenvalue weighted by Crippen LogP contribution is 2.03. The number of carbonyl (C=O) groups is 2. The van der Waals surface area contributed by atoms with Crippen LogP contribution in [0.2, 0.25) is 0 Å². The Morgan fingerprint density at radius 2 is 2.12 bits per heavy atom. The van der Waals surface area contributed by atoms with Crippen molar-refractivity contribution in [3.05, 3.63) is 23.4 Å². The number of carbonyl (C=O) groups excluding carboxylic acids is 1. The molecule has 0 fully saturated rings. The van der Waals surface area contributed by atoms with Crippen LogP contribution in [0.15, 0.2) is 22.1 Å². The largest absolute Gasteiger partial charge is 0.478 e. The van der Waals surface area contributed by atoms with E-state index in [1.807, 2.05) is 0 Å². The number of nitrogens with one attached hydrogen (secondary N) is 1. The molecule has 0 aliphatic heterocycles. The van der Waals surface area contributed by atoms with Gasteiger partial charge in [0.25, 0.3) is 0 Å². The van der Waals surface area contributed by atoms with E-state index in [1.54, 1.807) is 0 Å². The van der Waals surface area contributed by atoms with Crippen LogP contribution in [0.25, 0.3) is 0 Å². The summed E-state index contributed by atoms with van der Waals surface area (Å²) in [6.45, 7) is 2.90. The molecule has 16 heavy (non-hydrogen) atoms. The number of amides is 1. The van der Waals surface area contributed by atoms with Crippen molar-refractivity contribution in [1.82, 2.24) is 15.5 Å². The summed E-state index contributed by atoms with van der Waals surface area (Å²) in [6, 6.07) is 0. The van der Waals surface area contributed by atoms with Gasteiger partial charge in [0.2, 0.25) is 12.3 Å². The number of hydrogen-bond acceptors (Lipinski definition) is 5. The normalized spacial score (nSPS) is 11.9. The van der Waals surface area contributed by atoms with Gasteiger partial charge in [-0.25, -0.2) is 4.79 Å². The Balaban J connectivity index is 2.59. The lowest BCUT2D eigenvalue weighted by Gasteiger charge is -2.04. The van der Waals surface area contributed by atoms with Gasteiger partial charge in [-0.15, -0.1) is 0 Å². The molecule has 86 valence electrons. The molecule has 1 rings (SSSR count). The number of nitrogens with zero attached hydrogens (tertiary/aromatic N) is 2. The summed E-state index contributed by atoms with van der Waals surface area (Å²) in [6.07, 6.45) is 1.15. The molecule has 7 heteroatoms. The second kappa shape index (κ2) is 5.06. The molecule has 1 amide bonds. The second-order valence-electron chi connectivity index (χ2n) is 3.09. The quantitative estimate of drug-likeness (QED) is 0.704. The van der Waals surface area contributed by atoms with Crippen molar-refractivity contribution >= 4 is 11.9 Å². The molecule has 1 aromatic heterocycles. The van der Waals surface area contributed by atoms with Crippen LogP contribution >= 0.6 is 0 Å². The lowest BCUT2D eigenvalue weighted by molar-refractivity contribution is -0.133. The molecule has 0 unspecified atom stereocenters. The van der Waals surface area contributed by atoms with E-state index >= 15 is 0 Å². The molecule has 7 nitrogen and oxygen atoms in total. The average molecular weight is 225 g/mol. The van der Waals surface area contributed by atoms with Gasteiger partial charge in [-0.3, -0.25) is 4.79 Å². The number of carboxylic acids is 1. The number of carboxylic acid groups (broad SMARTS) is 1. The predicted octanol–water partition coefficient (Wildman–Crippen LogP) is 0.107. The molecule has 1 aromatic rings. The minimum atomic E-state index is -1.12. The van der Waals surface area contributed by atoms with Crippen molar-refractivity contribution in [2.75, 3.05) is 0 Å². The standard InChI is InChI=1S/C9H11N3O4/c1-5(6(2)9(14)15)8(13)10-3-7-11-4-16-12-7/h4H,3H2,1-2H3,(H,10,13)(H,14,15). The molecule has 0 atom stereocenters. The van der Waals surface area contributed by atoms with Crippen molar-refractivity contribution in [3.8, 4) is 0 Å². The fourth-order valence-electron chi connectivity index (χ4n) is 0.893. The minimum absolute atomic E-state index is 0.00520. The van der Waals surface area contributed by atoms with Gasteiger partial charge >= 0.3 is 5.97 Å². The van der Waals surface area contributed by atoms with E-state index < -0.39 is 11.9 Å². The minimum Gasteiger partial charge on any atom is -0.478 e. The molecule has 0 spiro atoms. The molecule has 2 N–H and O–H groups in total. The van der Waals surface area contributed by atoms with Gasteiger partial charge in [-0.2, -0.15) is 4.98 Å². The van der Waals surface area contributed by atoms with Crippen LogP contribution in [-0.4, -0.2) is 27.1 Å². The average Bonchev–Trinajstić information content (AvgIpc) is 2.76. The lowest BCUT2D eigenvalue weighted by Crippen LogP contribution is -2.25.